The molecule has 0 aliphatic carbocycles. The predicted molar refractivity (Wildman–Crippen MR) is 82.6 cm³/mol. The Morgan fingerprint density at radius 1 is 1.15 bits per heavy atom. The fourth-order valence-corrected chi connectivity index (χ4v) is 4.89. The molecule has 1 aromatic carbocycles. The second kappa shape index (κ2) is 5.66. The normalized spacial score (nSPS) is 24.2. The van der Waals surface area contributed by atoms with Crippen LogP contribution in [0.25, 0.3) is 0 Å². The van der Waals surface area contributed by atoms with Gasteiger partial charge in [0, 0.05) is 19.0 Å². The zero-order chi connectivity index (χ0) is 15.1. The SMILES string of the molecule is Cc1cc(C)c(S(=O)(=O)N2CC(C)C(C)C2)cc1CCl. The average molecular weight is 316 g/mol. The Bertz CT molecular complexity index is 603. The first-order valence-corrected chi connectivity index (χ1v) is 8.91. The van der Waals surface area contributed by atoms with Crippen LogP contribution in [0.3, 0.4) is 0 Å². The van der Waals surface area contributed by atoms with Crippen LogP contribution in [0, 0.1) is 25.7 Å². The van der Waals surface area contributed by atoms with Crippen molar-refractivity contribution in [2.24, 2.45) is 11.8 Å². The molecule has 2 unspecified atom stereocenters. The van der Waals surface area contributed by atoms with Crippen LogP contribution in [-0.2, 0) is 15.9 Å². The summed E-state index contributed by atoms with van der Waals surface area (Å²) < 4.78 is 27.2. The van der Waals surface area contributed by atoms with E-state index < -0.39 is 10.0 Å². The summed E-state index contributed by atoms with van der Waals surface area (Å²) in [5.41, 5.74) is 2.72. The molecule has 1 aliphatic heterocycles. The monoisotopic (exact) mass is 315 g/mol. The van der Waals surface area contributed by atoms with Crippen LogP contribution in [0.1, 0.15) is 30.5 Å². The van der Waals surface area contributed by atoms with Crippen LogP contribution in [0.2, 0.25) is 0 Å². The molecule has 1 fully saturated rings. The van der Waals surface area contributed by atoms with Gasteiger partial charge in [0.2, 0.25) is 10.0 Å². The summed E-state index contributed by atoms with van der Waals surface area (Å²) in [5, 5.41) is 0. The number of hydrogen-bond donors (Lipinski definition) is 0. The Labute approximate surface area is 127 Å². The maximum atomic E-state index is 12.8. The van der Waals surface area contributed by atoms with Crippen molar-refractivity contribution in [1.29, 1.82) is 0 Å². The van der Waals surface area contributed by atoms with Crippen molar-refractivity contribution in [3.63, 3.8) is 0 Å². The fourth-order valence-electron chi connectivity index (χ4n) is 2.71. The van der Waals surface area contributed by atoms with Gasteiger partial charge in [0.15, 0.2) is 0 Å². The first-order chi connectivity index (χ1) is 9.27. The number of alkyl halides is 1. The Morgan fingerprint density at radius 3 is 2.20 bits per heavy atom. The minimum atomic E-state index is -3.41. The molecule has 3 nitrogen and oxygen atoms in total. The van der Waals surface area contributed by atoms with Crippen molar-refractivity contribution >= 4 is 21.6 Å². The number of aryl methyl sites for hydroxylation is 2. The molecule has 1 saturated heterocycles. The standard InChI is InChI=1S/C15H22ClNO2S/c1-10-5-11(2)15(6-14(10)7-16)20(18,19)17-8-12(3)13(4)9-17/h5-6,12-13H,7-9H2,1-4H3. The summed E-state index contributed by atoms with van der Waals surface area (Å²) in [4.78, 5) is 0.403. The van der Waals surface area contributed by atoms with Gasteiger partial charge in [0.25, 0.3) is 0 Å². The Kier molecular flexibility index (Phi) is 4.47. The van der Waals surface area contributed by atoms with E-state index in [0.29, 0.717) is 35.7 Å². The lowest BCUT2D eigenvalue weighted by atomic mass is 10.0. The number of benzene rings is 1. The van der Waals surface area contributed by atoms with Gasteiger partial charge in [-0.1, -0.05) is 19.9 Å². The highest BCUT2D eigenvalue weighted by Gasteiger charge is 2.35. The van der Waals surface area contributed by atoms with Gasteiger partial charge in [-0.2, -0.15) is 4.31 Å². The number of rotatable bonds is 3. The molecule has 0 bridgehead atoms. The largest absolute Gasteiger partial charge is 0.243 e. The lowest BCUT2D eigenvalue weighted by molar-refractivity contribution is 0.462. The van der Waals surface area contributed by atoms with Crippen LogP contribution in [0.5, 0.6) is 0 Å². The van der Waals surface area contributed by atoms with E-state index in [-0.39, 0.29) is 0 Å². The van der Waals surface area contributed by atoms with Crippen LogP contribution in [-0.4, -0.2) is 25.8 Å². The third-order valence-electron chi connectivity index (χ3n) is 4.35. The van der Waals surface area contributed by atoms with Gasteiger partial charge in [-0.25, -0.2) is 8.42 Å². The molecule has 0 saturated carbocycles. The van der Waals surface area contributed by atoms with E-state index in [0.717, 1.165) is 16.7 Å². The predicted octanol–water partition coefficient (Wildman–Crippen LogP) is 3.32. The number of hydrogen-bond acceptors (Lipinski definition) is 2. The molecule has 2 atom stereocenters. The van der Waals surface area contributed by atoms with Crippen molar-refractivity contribution in [1.82, 2.24) is 4.31 Å². The molecule has 0 radical (unpaired) electrons. The number of sulfonamides is 1. The van der Waals surface area contributed by atoms with Gasteiger partial charge in [0.05, 0.1) is 4.90 Å². The molecular weight excluding hydrogens is 294 g/mol. The molecule has 5 heteroatoms. The highest BCUT2D eigenvalue weighted by Crippen LogP contribution is 2.30. The van der Waals surface area contributed by atoms with E-state index in [1.165, 1.54) is 0 Å². The third-order valence-corrected chi connectivity index (χ3v) is 6.61. The molecule has 0 aromatic heterocycles. The maximum absolute atomic E-state index is 12.8. The van der Waals surface area contributed by atoms with Crippen molar-refractivity contribution < 1.29 is 8.42 Å². The maximum Gasteiger partial charge on any atom is 0.243 e. The Morgan fingerprint density at radius 2 is 1.70 bits per heavy atom. The zero-order valence-corrected chi connectivity index (χ0v) is 14.1. The van der Waals surface area contributed by atoms with Crippen molar-refractivity contribution in [2.45, 2.75) is 38.5 Å². The summed E-state index contributed by atoms with van der Waals surface area (Å²) in [7, 11) is -3.41. The van der Waals surface area contributed by atoms with E-state index in [4.69, 9.17) is 11.6 Å². The number of halogens is 1. The lowest BCUT2D eigenvalue weighted by Crippen LogP contribution is -2.29. The van der Waals surface area contributed by atoms with E-state index in [1.54, 1.807) is 10.4 Å². The van der Waals surface area contributed by atoms with E-state index in [9.17, 15) is 8.42 Å². The first-order valence-electron chi connectivity index (χ1n) is 6.93. The van der Waals surface area contributed by atoms with Crippen molar-refractivity contribution in [2.75, 3.05) is 13.1 Å². The molecule has 2 rings (SSSR count). The van der Waals surface area contributed by atoms with Gasteiger partial charge in [-0.15, -0.1) is 11.6 Å². The molecule has 112 valence electrons. The summed E-state index contributed by atoms with van der Waals surface area (Å²) in [6.07, 6.45) is 0. The zero-order valence-electron chi connectivity index (χ0n) is 12.5. The van der Waals surface area contributed by atoms with Gasteiger partial charge in [0.1, 0.15) is 0 Å². The summed E-state index contributed by atoms with van der Waals surface area (Å²) >= 11 is 5.90. The summed E-state index contributed by atoms with van der Waals surface area (Å²) in [6, 6.07) is 3.65. The Balaban J connectivity index is 2.45. The summed E-state index contributed by atoms with van der Waals surface area (Å²) in [5.74, 6) is 1.15. The minimum absolute atomic E-state index is 0.335. The van der Waals surface area contributed by atoms with Crippen LogP contribution in [0.4, 0.5) is 0 Å². The molecule has 0 spiro atoms. The third kappa shape index (κ3) is 2.74. The number of nitrogens with zero attached hydrogens (tertiary/aromatic N) is 1. The highest BCUT2D eigenvalue weighted by atomic mass is 35.5. The molecule has 1 heterocycles. The van der Waals surface area contributed by atoms with Crippen LogP contribution < -0.4 is 0 Å². The van der Waals surface area contributed by atoms with Crippen LogP contribution in [0.15, 0.2) is 17.0 Å². The topological polar surface area (TPSA) is 37.4 Å². The lowest BCUT2D eigenvalue weighted by Gasteiger charge is -2.19. The van der Waals surface area contributed by atoms with Crippen molar-refractivity contribution in [3.8, 4) is 0 Å². The van der Waals surface area contributed by atoms with Crippen LogP contribution >= 0.6 is 11.6 Å². The van der Waals surface area contributed by atoms with Gasteiger partial charge >= 0.3 is 0 Å². The smallest absolute Gasteiger partial charge is 0.207 e. The highest BCUT2D eigenvalue weighted by molar-refractivity contribution is 7.89. The van der Waals surface area contributed by atoms with Gasteiger partial charge in [-0.05, 0) is 48.4 Å². The second-order valence-corrected chi connectivity index (χ2v) is 8.13. The molecule has 1 aliphatic rings. The average Bonchev–Trinajstić information content (AvgIpc) is 2.70. The minimum Gasteiger partial charge on any atom is -0.207 e. The van der Waals surface area contributed by atoms with Crippen molar-refractivity contribution in [3.05, 3.63) is 28.8 Å². The summed E-state index contributed by atoms with van der Waals surface area (Å²) in [6.45, 7) is 9.22. The van der Waals surface area contributed by atoms with E-state index in [1.807, 2.05) is 19.9 Å². The Hall–Kier alpha value is -0.580. The molecule has 1 aromatic rings. The molecular formula is C15H22ClNO2S. The van der Waals surface area contributed by atoms with Gasteiger partial charge < -0.3 is 0 Å². The van der Waals surface area contributed by atoms with Gasteiger partial charge in [-0.3, -0.25) is 0 Å². The molecule has 0 amide bonds. The first kappa shape index (κ1) is 15.8. The quantitative estimate of drug-likeness (QED) is 0.802. The van der Waals surface area contributed by atoms with E-state index in [2.05, 4.69) is 13.8 Å². The van der Waals surface area contributed by atoms with E-state index >= 15 is 0 Å². The second-order valence-electron chi connectivity index (χ2n) is 5.95. The molecule has 0 N–H and O–H groups in total. The fraction of sp³-hybridized carbons (Fsp3) is 0.600. The molecule has 20 heavy (non-hydrogen) atoms.